The highest BCUT2D eigenvalue weighted by Crippen LogP contribution is 2.24. The number of carbonyl (C=O) groups is 1. The van der Waals surface area contributed by atoms with E-state index in [9.17, 15) is 4.79 Å². The molecule has 0 saturated heterocycles. The van der Waals surface area contributed by atoms with Gasteiger partial charge in [0.15, 0.2) is 11.5 Å². The molecule has 3 aromatic heterocycles. The summed E-state index contributed by atoms with van der Waals surface area (Å²) in [5.41, 5.74) is 1.03. The molecule has 3 aromatic rings. The van der Waals surface area contributed by atoms with Gasteiger partial charge in [0.1, 0.15) is 11.8 Å². The molecule has 27 heavy (non-hydrogen) atoms. The Bertz CT molecular complexity index is 884. The number of rotatable bonds is 5. The molecule has 4 rings (SSSR count). The highest BCUT2D eigenvalue weighted by molar-refractivity contribution is 6.30. The third kappa shape index (κ3) is 4.31. The third-order valence-corrected chi connectivity index (χ3v) is 4.82. The van der Waals surface area contributed by atoms with Gasteiger partial charge in [-0.15, -0.1) is 0 Å². The minimum atomic E-state index is -0.187. The zero-order valence-corrected chi connectivity index (χ0v) is 15.3. The van der Waals surface area contributed by atoms with E-state index in [2.05, 4.69) is 20.5 Å². The Morgan fingerprint density at radius 2 is 2.11 bits per heavy atom. The number of furan rings is 1. The van der Waals surface area contributed by atoms with Crippen LogP contribution in [-0.4, -0.2) is 33.2 Å². The number of ether oxygens (including phenoxy) is 1. The van der Waals surface area contributed by atoms with E-state index >= 15 is 0 Å². The molecular weight excluding hydrogens is 368 g/mol. The van der Waals surface area contributed by atoms with Crippen molar-refractivity contribution in [3.8, 4) is 17.3 Å². The van der Waals surface area contributed by atoms with Gasteiger partial charge in [0.05, 0.1) is 11.3 Å². The number of aromatic nitrogens is 3. The van der Waals surface area contributed by atoms with Crippen LogP contribution in [0.15, 0.2) is 47.2 Å². The van der Waals surface area contributed by atoms with Crippen LogP contribution in [0.3, 0.4) is 0 Å². The number of H-pyrrole nitrogens is 1. The molecule has 1 aliphatic rings. The lowest BCUT2D eigenvalue weighted by Gasteiger charge is -2.29. The second-order valence-electron chi connectivity index (χ2n) is 6.52. The lowest BCUT2D eigenvalue weighted by Crippen LogP contribution is -2.39. The highest BCUT2D eigenvalue weighted by atomic mass is 35.5. The lowest BCUT2D eigenvalue weighted by atomic mass is 9.93. The van der Waals surface area contributed by atoms with Crippen LogP contribution in [0.2, 0.25) is 5.02 Å². The summed E-state index contributed by atoms with van der Waals surface area (Å²) in [5, 5.41) is 10.5. The number of amides is 1. The van der Waals surface area contributed by atoms with E-state index in [4.69, 9.17) is 20.8 Å². The average Bonchev–Trinajstić information content (AvgIpc) is 3.36. The largest absolute Gasteiger partial charge is 0.474 e. The fourth-order valence-corrected chi connectivity index (χ4v) is 3.29. The first-order valence-electron chi connectivity index (χ1n) is 8.86. The van der Waals surface area contributed by atoms with E-state index in [1.165, 1.54) is 0 Å². The fourth-order valence-electron chi connectivity index (χ4n) is 3.18. The normalized spacial score (nSPS) is 19.6. The van der Waals surface area contributed by atoms with Crippen molar-refractivity contribution < 1.29 is 13.9 Å². The summed E-state index contributed by atoms with van der Waals surface area (Å²) >= 11 is 5.83. The zero-order valence-electron chi connectivity index (χ0n) is 14.5. The van der Waals surface area contributed by atoms with Gasteiger partial charge in [0, 0.05) is 24.4 Å². The van der Waals surface area contributed by atoms with Crippen molar-refractivity contribution in [1.29, 1.82) is 0 Å². The van der Waals surface area contributed by atoms with Gasteiger partial charge in [-0.25, -0.2) is 4.98 Å². The first-order chi connectivity index (χ1) is 13.2. The smallest absolute Gasteiger partial charge is 0.272 e. The Labute approximate surface area is 161 Å². The van der Waals surface area contributed by atoms with Crippen molar-refractivity contribution >= 4 is 17.5 Å². The Hall–Kier alpha value is -2.80. The molecular formula is C19H19ClN4O3. The van der Waals surface area contributed by atoms with Gasteiger partial charge in [-0.05, 0) is 43.9 Å². The molecule has 1 aliphatic carbocycles. The Balaban J connectivity index is 1.27. The van der Waals surface area contributed by atoms with Crippen LogP contribution in [0, 0.1) is 0 Å². The summed E-state index contributed by atoms with van der Waals surface area (Å²) in [7, 11) is 0. The molecule has 140 valence electrons. The summed E-state index contributed by atoms with van der Waals surface area (Å²) in [6.07, 6.45) is 6.65. The van der Waals surface area contributed by atoms with Crippen LogP contribution in [-0.2, 0) is 0 Å². The molecule has 0 unspecified atom stereocenters. The topological polar surface area (TPSA) is 93.0 Å². The summed E-state index contributed by atoms with van der Waals surface area (Å²) < 4.78 is 11.2. The van der Waals surface area contributed by atoms with Gasteiger partial charge in [-0.3, -0.25) is 9.89 Å². The van der Waals surface area contributed by atoms with E-state index in [0.717, 1.165) is 25.7 Å². The van der Waals surface area contributed by atoms with Crippen molar-refractivity contribution in [2.75, 3.05) is 0 Å². The molecule has 8 heteroatoms. The number of nitrogens with zero attached hydrogens (tertiary/aromatic N) is 2. The molecule has 1 saturated carbocycles. The number of aromatic amines is 1. The number of nitrogens with one attached hydrogen (secondary N) is 2. The Kier molecular flexibility index (Phi) is 5.11. The second kappa shape index (κ2) is 7.84. The quantitative estimate of drug-likeness (QED) is 0.694. The van der Waals surface area contributed by atoms with E-state index in [0.29, 0.717) is 28.1 Å². The lowest BCUT2D eigenvalue weighted by molar-refractivity contribution is 0.0885. The molecule has 0 atom stereocenters. The van der Waals surface area contributed by atoms with Crippen LogP contribution >= 0.6 is 11.6 Å². The minimum absolute atomic E-state index is 0.0998. The number of hydrogen-bond acceptors (Lipinski definition) is 5. The monoisotopic (exact) mass is 386 g/mol. The molecule has 0 spiro atoms. The average molecular weight is 387 g/mol. The summed E-state index contributed by atoms with van der Waals surface area (Å²) in [6.45, 7) is 0. The van der Waals surface area contributed by atoms with Crippen molar-refractivity contribution in [2.24, 2.45) is 0 Å². The molecule has 0 bridgehead atoms. The van der Waals surface area contributed by atoms with Gasteiger partial charge in [-0.2, -0.15) is 5.10 Å². The van der Waals surface area contributed by atoms with Gasteiger partial charge in [-0.1, -0.05) is 11.6 Å². The third-order valence-electron chi connectivity index (χ3n) is 4.59. The summed E-state index contributed by atoms with van der Waals surface area (Å²) in [5.74, 6) is 1.04. The van der Waals surface area contributed by atoms with Crippen molar-refractivity contribution in [2.45, 2.75) is 37.8 Å². The predicted octanol–water partition coefficient (Wildman–Crippen LogP) is 3.84. The maximum Gasteiger partial charge on any atom is 0.272 e. The molecule has 1 amide bonds. The van der Waals surface area contributed by atoms with E-state index < -0.39 is 0 Å². The number of hydrogen-bond donors (Lipinski definition) is 2. The number of halogens is 1. The van der Waals surface area contributed by atoms with Crippen LogP contribution in [0.4, 0.5) is 0 Å². The SMILES string of the molecule is O=C(NC1CCC(Oc2ccc(Cl)cn2)CC1)c1cc(-c2ccco2)[nH]n1. The molecule has 3 heterocycles. The Morgan fingerprint density at radius 1 is 1.26 bits per heavy atom. The number of pyridine rings is 1. The van der Waals surface area contributed by atoms with Crippen LogP contribution in [0.1, 0.15) is 36.2 Å². The fraction of sp³-hybridized carbons (Fsp3) is 0.316. The van der Waals surface area contributed by atoms with Gasteiger partial charge < -0.3 is 14.5 Å². The maximum absolute atomic E-state index is 12.4. The molecule has 7 nitrogen and oxygen atoms in total. The molecule has 1 fully saturated rings. The van der Waals surface area contributed by atoms with Gasteiger partial charge in [0.2, 0.25) is 5.88 Å². The molecule has 0 aliphatic heterocycles. The van der Waals surface area contributed by atoms with Crippen molar-refractivity contribution in [3.05, 3.63) is 53.5 Å². The van der Waals surface area contributed by atoms with Gasteiger partial charge in [0.25, 0.3) is 5.91 Å². The van der Waals surface area contributed by atoms with E-state index in [1.54, 1.807) is 36.7 Å². The second-order valence-corrected chi connectivity index (χ2v) is 6.96. The summed E-state index contributed by atoms with van der Waals surface area (Å²) in [4.78, 5) is 16.6. The Morgan fingerprint density at radius 3 is 2.81 bits per heavy atom. The number of carbonyl (C=O) groups excluding carboxylic acids is 1. The predicted molar refractivity (Wildman–Crippen MR) is 99.7 cm³/mol. The highest BCUT2D eigenvalue weighted by Gasteiger charge is 2.25. The summed E-state index contributed by atoms with van der Waals surface area (Å²) in [6, 6.07) is 8.93. The van der Waals surface area contributed by atoms with Crippen molar-refractivity contribution in [1.82, 2.24) is 20.5 Å². The van der Waals surface area contributed by atoms with Crippen molar-refractivity contribution in [3.63, 3.8) is 0 Å². The first kappa shape index (κ1) is 17.6. The van der Waals surface area contributed by atoms with Gasteiger partial charge >= 0.3 is 0 Å². The molecule has 2 N–H and O–H groups in total. The zero-order chi connectivity index (χ0) is 18.6. The first-order valence-corrected chi connectivity index (χ1v) is 9.23. The minimum Gasteiger partial charge on any atom is -0.474 e. The van der Waals surface area contributed by atoms with E-state index in [1.807, 2.05) is 6.07 Å². The van der Waals surface area contributed by atoms with Crippen LogP contribution in [0.5, 0.6) is 5.88 Å². The molecule has 0 aromatic carbocycles. The van der Waals surface area contributed by atoms with Crippen LogP contribution in [0.25, 0.3) is 11.5 Å². The maximum atomic E-state index is 12.4. The standard InChI is InChI=1S/C19H19ClN4O3/c20-12-3-8-18(21-11-12)27-14-6-4-13(5-7-14)22-19(25)16-10-15(23-24-16)17-2-1-9-26-17/h1-3,8-11,13-14H,4-7H2,(H,22,25)(H,23,24). The van der Waals surface area contributed by atoms with Crippen LogP contribution < -0.4 is 10.1 Å². The molecule has 0 radical (unpaired) electrons. The van der Waals surface area contributed by atoms with E-state index in [-0.39, 0.29) is 18.1 Å².